The molecule has 102 valence electrons. The van der Waals surface area contributed by atoms with Gasteiger partial charge < -0.3 is 4.74 Å². The highest BCUT2D eigenvalue weighted by Gasteiger charge is 2.53. The number of ether oxygens (including phenoxy) is 1. The molecule has 18 heavy (non-hydrogen) atoms. The predicted octanol–water partition coefficient (Wildman–Crippen LogP) is 1.76. The summed E-state index contributed by atoms with van der Waals surface area (Å²) in [6, 6.07) is 0. The molecule has 0 aromatic heterocycles. The molecule has 5 heteroatoms. The van der Waals surface area contributed by atoms with Crippen molar-refractivity contribution in [2.24, 2.45) is 11.8 Å². The van der Waals surface area contributed by atoms with Crippen molar-refractivity contribution < 1.29 is 13.2 Å². The van der Waals surface area contributed by atoms with Gasteiger partial charge in [0, 0.05) is 25.1 Å². The third-order valence-electron chi connectivity index (χ3n) is 4.09. The Labute approximate surface area is 109 Å². The summed E-state index contributed by atoms with van der Waals surface area (Å²) in [6.45, 7) is 6.32. The molecule has 0 saturated heterocycles. The third-order valence-corrected chi connectivity index (χ3v) is 6.61. The third kappa shape index (κ3) is 1.80. The average Bonchev–Trinajstić information content (AvgIpc) is 2.98. The van der Waals surface area contributed by atoms with E-state index in [4.69, 9.17) is 4.74 Å². The summed E-state index contributed by atoms with van der Waals surface area (Å²) in [7, 11) is 0.0460. The maximum Gasteiger partial charge on any atom is 0.218 e. The number of sulfonamides is 1. The Morgan fingerprint density at radius 3 is 2.56 bits per heavy atom. The van der Waals surface area contributed by atoms with Crippen LogP contribution in [-0.4, -0.2) is 38.7 Å². The molecule has 3 atom stereocenters. The second-order valence-electron chi connectivity index (χ2n) is 5.09. The van der Waals surface area contributed by atoms with E-state index in [0.29, 0.717) is 6.54 Å². The maximum absolute atomic E-state index is 12.5. The first kappa shape index (κ1) is 13.6. The number of rotatable bonds is 4. The van der Waals surface area contributed by atoms with Gasteiger partial charge in [0.05, 0.1) is 12.4 Å². The van der Waals surface area contributed by atoms with E-state index in [2.05, 4.69) is 0 Å². The molecule has 2 aliphatic carbocycles. The Hall–Kier alpha value is -0.810. The van der Waals surface area contributed by atoms with E-state index >= 15 is 0 Å². The van der Waals surface area contributed by atoms with Crippen LogP contribution in [0.5, 0.6) is 0 Å². The molecule has 4 nitrogen and oxygen atoms in total. The first-order valence-corrected chi connectivity index (χ1v) is 7.78. The normalized spacial score (nSPS) is 31.2. The molecule has 0 aromatic rings. The van der Waals surface area contributed by atoms with E-state index in [-0.39, 0.29) is 17.1 Å². The fraction of sp³-hybridized carbons (Fsp3) is 0.692. The zero-order valence-corrected chi connectivity index (χ0v) is 12.4. The molecular weight excluding hydrogens is 250 g/mol. The molecule has 0 aliphatic heterocycles. The van der Waals surface area contributed by atoms with E-state index in [1.54, 1.807) is 14.2 Å². The van der Waals surface area contributed by atoms with Crippen LogP contribution in [0.25, 0.3) is 0 Å². The zero-order chi connectivity index (χ0) is 13.7. The molecule has 0 saturated carbocycles. The number of nitrogens with zero attached hydrogens (tertiary/aromatic N) is 1. The number of fused-ring (bicyclic) bond motifs is 1. The highest BCUT2D eigenvalue weighted by Crippen LogP contribution is 2.53. The van der Waals surface area contributed by atoms with Gasteiger partial charge >= 0.3 is 0 Å². The molecule has 0 aromatic carbocycles. The van der Waals surface area contributed by atoms with Crippen LogP contribution >= 0.6 is 0 Å². The lowest BCUT2D eigenvalue weighted by atomic mass is 9.94. The van der Waals surface area contributed by atoms with E-state index < -0.39 is 10.0 Å². The number of methoxy groups -OCH3 is 1. The summed E-state index contributed by atoms with van der Waals surface area (Å²) in [5, 5.41) is -0.364. The Kier molecular flexibility index (Phi) is 3.32. The largest absolute Gasteiger partial charge is 0.497 e. The second-order valence-corrected chi connectivity index (χ2v) is 7.29. The lowest BCUT2D eigenvalue weighted by Crippen LogP contribution is -2.42. The van der Waals surface area contributed by atoms with Crippen molar-refractivity contribution in [3.8, 4) is 0 Å². The molecule has 0 radical (unpaired) electrons. The van der Waals surface area contributed by atoms with Crippen molar-refractivity contribution in [2.45, 2.75) is 26.0 Å². The maximum atomic E-state index is 12.5. The summed E-state index contributed by atoms with van der Waals surface area (Å²) in [5.41, 5.74) is 2.25. The smallest absolute Gasteiger partial charge is 0.218 e. The van der Waals surface area contributed by atoms with E-state index in [0.717, 1.165) is 16.9 Å². The van der Waals surface area contributed by atoms with Gasteiger partial charge in [-0.25, -0.2) is 12.7 Å². The molecule has 0 spiro atoms. The molecule has 0 fully saturated rings. The monoisotopic (exact) mass is 271 g/mol. The van der Waals surface area contributed by atoms with Gasteiger partial charge in [-0.05, 0) is 18.9 Å². The topological polar surface area (TPSA) is 46.6 Å². The van der Waals surface area contributed by atoms with E-state index in [1.807, 2.05) is 26.8 Å². The van der Waals surface area contributed by atoms with Gasteiger partial charge in [-0.1, -0.05) is 19.4 Å². The lowest BCUT2D eigenvalue weighted by molar-refractivity contribution is 0.288. The Bertz CT molecular complexity index is 518. The van der Waals surface area contributed by atoms with Gasteiger partial charge in [0.15, 0.2) is 0 Å². The Morgan fingerprint density at radius 2 is 2.06 bits per heavy atom. The first-order chi connectivity index (χ1) is 8.36. The highest BCUT2D eigenvalue weighted by atomic mass is 32.2. The molecular formula is C13H21NO3S. The Balaban J connectivity index is 2.36. The minimum absolute atomic E-state index is 0.0230. The minimum Gasteiger partial charge on any atom is -0.497 e. The van der Waals surface area contributed by atoms with Gasteiger partial charge in [-0.15, -0.1) is 0 Å². The fourth-order valence-corrected chi connectivity index (χ4v) is 4.93. The van der Waals surface area contributed by atoms with Gasteiger partial charge in [0.1, 0.15) is 5.76 Å². The minimum atomic E-state index is -3.24. The van der Waals surface area contributed by atoms with E-state index in [1.165, 1.54) is 4.31 Å². The van der Waals surface area contributed by atoms with Crippen LogP contribution in [0, 0.1) is 11.8 Å². The molecule has 0 N–H and O–H groups in total. The molecule has 2 aliphatic rings. The average molecular weight is 271 g/mol. The van der Waals surface area contributed by atoms with Crippen LogP contribution in [0.4, 0.5) is 0 Å². The fourth-order valence-electron chi connectivity index (χ4n) is 2.85. The lowest BCUT2D eigenvalue weighted by Gasteiger charge is -2.30. The standard InChI is InChI=1S/C13H21NO3S/c1-6-14(4)18(15,16)13-8(2)7-10(17-5)11-9(3)12(11)13/h7-8,12-13H,6H2,1-5H3/t8?,12-,13?/m1/s1. The van der Waals surface area contributed by atoms with Crippen LogP contribution in [0.15, 0.2) is 23.0 Å². The van der Waals surface area contributed by atoms with Gasteiger partial charge in [0.25, 0.3) is 0 Å². The summed E-state index contributed by atoms with van der Waals surface area (Å²) >= 11 is 0. The Morgan fingerprint density at radius 1 is 1.44 bits per heavy atom. The van der Waals surface area contributed by atoms with Crippen LogP contribution < -0.4 is 0 Å². The molecule has 0 bridgehead atoms. The van der Waals surface area contributed by atoms with Crippen molar-refractivity contribution in [3.05, 3.63) is 23.0 Å². The van der Waals surface area contributed by atoms with Gasteiger partial charge in [-0.2, -0.15) is 0 Å². The summed E-state index contributed by atoms with van der Waals surface area (Å²) in [6.07, 6.45) is 1.94. The second kappa shape index (κ2) is 4.38. The summed E-state index contributed by atoms with van der Waals surface area (Å²) in [4.78, 5) is 0. The van der Waals surface area contributed by atoms with Crippen molar-refractivity contribution in [3.63, 3.8) is 0 Å². The van der Waals surface area contributed by atoms with Crippen LogP contribution in [0.3, 0.4) is 0 Å². The molecule has 2 rings (SSSR count). The number of hydrogen-bond donors (Lipinski definition) is 0. The molecule has 0 heterocycles. The van der Waals surface area contributed by atoms with Crippen molar-refractivity contribution in [1.29, 1.82) is 0 Å². The van der Waals surface area contributed by atoms with Crippen LogP contribution in [0.1, 0.15) is 20.8 Å². The summed E-state index contributed by atoms with van der Waals surface area (Å²) in [5.74, 6) is 0.889. The molecule has 0 amide bonds. The number of hydrogen-bond acceptors (Lipinski definition) is 3. The van der Waals surface area contributed by atoms with Crippen LogP contribution in [0.2, 0.25) is 0 Å². The van der Waals surface area contributed by atoms with Crippen LogP contribution in [-0.2, 0) is 14.8 Å². The van der Waals surface area contributed by atoms with Gasteiger partial charge in [0.2, 0.25) is 10.0 Å². The van der Waals surface area contributed by atoms with Crippen molar-refractivity contribution in [2.75, 3.05) is 20.7 Å². The van der Waals surface area contributed by atoms with Crippen molar-refractivity contribution in [1.82, 2.24) is 4.31 Å². The number of allylic oxidation sites excluding steroid dienone is 3. The quantitative estimate of drug-likeness (QED) is 0.783. The SMILES string of the molecule is CCN(C)S(=O)(=O)C1C(C)C=C(OC)C2=C(C)[C@H]21. The van der Waals surface area contributed by atoms with Crippen molar-refractivity contribution >= 4 is 10.0 Å². The first-order valence-electron chi connectivity index (χ1n) is 6.28. The summed E-state index contributed by atoms with van der Waals surface area (Å²) < 4.78 is 31.8. The van der Waals surface area contributed by atoms with E-state index in [9.17, 15) is 8.42 Å². The zero-order valence-electron chi connectivity index (χ0n) is 11.6. The highest BCUT2D eigenvalue weighted by molar-refractivity contribution is 7.89. The molecule has 2 unspecified atom stereocenters. The predicted molar refractivity (Wildman–Crippen MR) is 71.5 cm³/mol. The van der Waals surface area contributed by atoms with Gasteiger partial charge in [-0.3, -0.25) is 0 Å².